The first-order chi connectivity index (χ1) is 10.9. The molecule has 0 aliphatic carbocycles. The molecule has 1 aromatic carbocycles. The second-order valence-corrected chi connectivity index (χ2v) is 6.75. The van der Waals surface area contributed by atoms with Gasteiger partial charge in [-0.1, -0.05) is 42.5 Å². The van der Waals surface area contributed by atoms with Gasteiger partial charge in [0.25, 0.3) is 0 Å². The fraction of sp³-hybridized carbons (Fsp3) is 0.0588. The molecule has 0 radical (unpaired) electrons. The molecule has 0 fully saturated rings. The molecule has 108 valence electrons. The predicted molar refractivity (Wildman–Crippen MR) is 92.2 cm³/mol. The van der Waals surface area contributed by atoms with Crippen LogP contribution in [0.2, 0.25) is 0 Å². The van der Waals surface area contributed by atoms with Gasteiger partial charge in [-0.3, -0.25) is 0 Å². The van der Waals surface area contributed by atoms with Crippen LogP contribution in [0.4, 0.5) is 0 Å². The van der Waals surface area contributed by atoms with Crippen molar-refractivity contribution in [3.05, 3.63) is 70.9 Å². The average molecular weight is 323 g/mol. The molecule has 22 heavy (non-hydrogen) atoms. The van der Waals surface area contributed by atoms with E-state index in [1.807, 2.05) is 22.9 Å². The monoisotopic (exact) mass is 323 g/mol. The zero-order valence-corrected chi connectivity index (χ0v) is 13.3. The van der Waals surface area contributed by atoms with Gasteiger partial charge in [0.1, 0.15) is 0 Å². The average Bonchev–Trinajstić information content (AvgIpc) is 3.29. The van der Waals surface area contributed by atoms with E-state index in [0.29, 0.717) is 0 Å². The molecule has 0 unspecified atom stereocenters. The lowest BCUT2D eigenvalue weighted by molar-refractivity contribution is 0.696. The van der Waals surface area contributed by atoms with Gasteiger partial charge in [0.15, 0.2) is 11.6 Å². The van der Waals surface area contributed by atoms with Gasteiger partial charge >= 0.3 is 0 Å². The summed E-state index contributed by atoms with van der Waals surface area (Å²) in [5.41, 5.74) is 1.22. The number of benzene rings is 1. The molecule has 4 aromatic rings. The number of nitrogens with zero attached hydrogens (tertiary/aromatic N) is 3. The van der Waals surface area contributed by atoms with Crippen molar-refractivity contribution in [2.24, 2.45) is 0 Å². The van der Waals surface area contributed by atoms with Crippen LogP contribution in [-0.4, -0.2) is 14.8 Å². The highest BCUT2D eigenvalue weighted by Crippen LogP contribution is 2.28. The van der Waals surface area contributed by atoms with Crippen molar-refractivity contribution in [3.63, 3.8) is 0 Å². The molecule has 0 bridgehead atoms. The number of thiophene rings is 2. The van der Waals surface area contributed by atoms with E-state index >= 15 is 0 Å². The minimum atomic E-state index is 0.729. The Bertz CT molecular complexity index is 847. The largest absolute Gasteiger partial charge is 0.240 e. The summed E-state index contributed by atoms with van der Waals surface area (Å²) in [7, 11) is 0. The molecule has 3 heterocycles. The topological polar surface area (TPSA) is 30.7 Å². The molecule has 0 aliphatic heterocycles. The van der Waals surface area contributed by atoms with Gasteiger partial charge in [-0.25, -0.2) is 9.67 Å². The van der Waals surface area contributed by atoms with Crippen molar-refractivity contribution in [2.45, 2.75) is 6.54 Å². The van der Waals surface area contributed by atoms with E-state index in [-0.39, 0.29) is 0 Å². The van der Waals surface area contributed by atoms with Crippen molar-refractivity contribution >= 4 is 22.7 Å². The maximum atomic E-state index is 4.76. The Hall–Kier alpha value is -2.24. The number of aromatic nitrogens is 3. The van der Waals surface area contributed by atoms with Gasteiger partial charge in [-0.2, -0.15) is 0 Å². The lowest BCUT2D eigenvalue weighted by atomic mass is 10.2. The lowest BCUT2D eigenvalue weighted by Crippen LogP contribution is -2.03. The molecule has 0 spiro atoms. The Morgan fingerprint density at radius 2 is 1.55 bits per heavy atom. The van der Waals surface area contributed by atoms with Crippen molar-refractivity contribution in [1.82, 2.24) is 14.8 Å². The Morgan fingerprint density at radius 1 is 0.818 bits per heavy atom. The summed E-state index contributed by atoms with van der Waals surface area (Å²) >= 11 is 3.36. The SMILES string of the molecule is c1ccc(Cn2nc(-c3cccs3)nc2-c2cccs2)cc1. The maximum absolute atomic E-state index is 4.76. The first-order valence-electron chi connectivity index (χ1n) is 6.97. The third-order valence-electron chi connectivity index (χ3n) is 3.33. The van der Waals surface area contributed by atoms with Crippen molar-refractivity contribution in [1.29, 1.82) is 0 Å². The van der Waals surface area contributed by atoms with E-state index in [2.05, 4.69) is 47.2 Å². The van der Waals surface area contributed by atoms with Gasteiger partial charge in [0.05, 0.1) is 16.3 Å². The third-order valence-corrected chi connectivity index (χ3v) is 5.06. The Balaban J connectivity index is 1.78. The van der Waals surface area contributed by atoms with Crippen molar-refractivity contribution in [2.75, 3.05) is 0 Å². The summed E-state index contributed by atoms with van der Waals surface area (Å²) in [5.74, 6) is 1.73. The molecular formula is C17H13N3S2. The quantitative estimate of drug-likeness (QED) is 0.541. The Kier molecular flexibility index (Phi) is 3.58. The minimum absolute atomic E-state index is 0.729. The lowest BCUT2D eigenvalue weighted by Gasteiger charge is -2.04. The zero-order chi connectivity index (χ0) is 14.8. The summed E-state index contributed by atoms with van der Waals surface area (Å²) < 4.78 is 2.00. The van der Waals surface area contributed by atoms with E-state index in [1.165, 1.54) is 5.56 Å². The highest BCUT2D eigenvalue weighted by molar-refractivity contribution is 7.13. The van der Waals surface area contributed by atoms with Crippen LogP contribution >= 0.6 is 22.7 Å². The number of hydrogen-bond donors (Lipinski definition) is 0. The molecule has 0 saturated heterocycles. The summed E-state index contributed by atoms with van der Waals surface area (Å²) in [5, 5.41) is 8.85. The fourth-order valence-electron chi connectivity index (χ4n) is 2.31. The van der Waals surface area contributed by atoms with Crippen LogP contribution in [0.15, 0.2) is 65.4 Å². The van der Waals surface area contributed by atoms with Crippen LogP contribution in [0.1, 0.15) is 5.56 Å². The molecule has 0 N–H and O–H groups in total. The second kappa shape index (κ2) is 5.87. The van der Waals surface area contributed by atoms with E-state index in [1.54, 1.807) is 22.7 Å². The molecule has 0 amide bonds. The van der Waals surface area contributed by atoms with E-state index in [0.717, 1.165) is 27.9 Å². The van der Waals surface area contributed by atoms with Crippen molar-refractivity contribution < 1.29 is 0 Å². The molecule has 0 aliphatic rings. The van der Waals surface area contributed by atoms with Gasteiger partial charge in [0, 0.05) is 0 Å². The van der Waals surface area contributed by atoms with Gasteiger partial charge in [-0.15, -0.1) is 27.8 Å². The minimum Gasteiger partial charge on any atom is -0.240 e. The first kappa shape index (κ1) is 13.4. The van der Waals surface area contributed by atoms with Crippen LogP contribution in [0, 0.1) is 0 Å². The van der Waals surface area contributed by atoms with E-state index in [9.17, 15) is 0 Å². The van der Waals surface area contributed by atoms with E-state index in [4.69, 9.17) is 10.1 Å². The zero-order valence-electron chi connectivity index (χ0n) is 11.7. The molecular weight excluding hydrogens is 310 g/mol. The second-order valence-electron chi connectivity index (χ2n) is 4.86. The van der Waals surface area contributed by atoms with Crippen LogP contribution in [0.25, 0.3) is 21.4 Å². The van der Waals surface area contributed by atoms with Crippen LogP contribution in [0.3, 0.4) is 0 Å². The van der Waals surface area contributed by atoms with E-state index < -0.39 is 0 Å². The molecule has 5 heteroatoms. The van der Waals surface area contributed by atoms with Crippen molar-refractivity contribution in [3.8, 4) is 21.4 Å². The smallest absolute Gasteiger partial charge is 0.191 e. The van der Waals surface area contributed by atoms with Crippen LogP contribution < -0.4 is 0 Å². The van der Waals surface area contributed by atoms with Gasteiger partial charge < -0.3 is 0 Å². The highest BCUT2D eigenvalue weighted by Gasteiger charge is 2.15. The Labute approximate surface area is 136 Å². The summed E-state index contributed by atoms with van der Waals surface area (Å²) in [4.78, 5) is 7.01. The number of rotatable bonds is 4. The van der Waals surface area contributed by atoms with Gasteiger partial charge in [-0.05, 0) is 28.5 Å². The maximum Gasteiger partial charge on any atom is 0.191 e. The molecule has 3 aromatic heterocycles. The standard InChI is InChI=1S/C17H13N3S2/c1-2-6-13(7-3-1)12-20-17(15-9-5-11-22-15)18-16(19-20)14-8-4-10-21-14/h1-11H,12H2. The molecule has 4 rings (SSSR count). The van der Waals surface area contributed by atoms with Gasteiger partial charge in [0.2, 0.25) is 0 Å². The number of hydrogen-bond acceptors (Lipinski definition) is 4. The fourth-order valence-corrected chi connectivity index (χ4v) is 3.68. The molecule has 0 saturated carbocycles. The van der Waals surface area contributed by atoms with Crippen LogP contribution in [-0.2, 0) is 6.54 Å². The summed E-state index contributed by atoms with van der Waals surface area (Å²) in [6, 6.07) is 18.6. The summed E-state index contributed by atoms with van der Waals surface area (Å²) in [6.45, 7) is 0.729. The Morgan fingerprint density at radius 3 is 2.23 bits per heavy atom. The first-order valence-corrected chi connectivity index (χ1v) is 8.72. The van der Waals surface area contributed by atoms with Crippen LogP contribution in [0.5, 0.6) is 0 Å². The third kappa shape index (κ3) is 2.61. The summed E-state index contributed by atoms with van der Waals surface area (Å²) in [6.07, 6.45) is 0. The highest BCUT2D eigenvalue weighted by atomic mass is 32.1. The predicted octanol–water partition coefficient (Wildman–Crippen LogP) is 4.78. The molecule has 3 nitrogen and oxygen atoms in total. The molecule has 0 atom stereocenters. The normalized spacial score (nSPS) is 10.9.